The summed E-state index contributed by atoms with van der Waals surface area (Å²) in [6, 6.07) is 14.2. The number of pyridine rings is 1. The van der Waals surface area contributed by atoms with Crippen LogP contribution in [-0.2, 0) is 10.3 Å². The highest BCUT2D eigenvalue weighted by Crippen LogP contribution is 2.49. The first-order valence-corrected chi connectivity index (χ1v) is 13.4. The molecular weight excluding hydrogens is 466 g/mol. The molecule has 198 valence electrons. The molecule has 1 aliphatic heterocycles. The highest BCUT2D eigenvalue weighted by molar-refractivity contribution is 5.95. The number of urea groups is 1. The summed E-state index contributed by atoms with van der Waals surface area (Å²) in [5.74, 6) is 0.809. The first-order chi connectivity index (χ1) is 17.8. The van der Waals surface area contributed by atoms with E-state index in [1.807, 2.05) is 0 Å². The van der Waals surface area contributed by atoms with Gasteiger partial charge in [-0.15, -0.1) is 0 Å². The molecule has 0 atom stereocenters. The highest BCUT2D eigenvalue weighted by atomic mass is 16.5. The zero-order valence-corrected chi connectivity index (χ0v) is 22.3. The van der Waals surface area contributed by atoms with Crippen LogP contribution in [-0.4, -0.2) is 78.0 Å². The van der Waals surface area contributed by atoms with Crippen molar-refractivity contribution in [3.8, 4) is 5.88 Å². The monoisotopic (exact) mass is 505 g/mol. The Labute approximate surface area is 220 Å². The van der Waals surface area contributed by atoms with Crippen molar-refractivity contribution < 1.29 is 14.3 Å². The zero-order valence-electron chi connectivity index (χ0n) is 22.3. The standard InChI is InChI=1S/C29H39N5O3/c1-32(2)29(23-10-5-4-6-11-23)15-13-28(14-16-29)21-33(27(36)34(28)19-22-8-7-9-22)20-25(35)31-24-12-17-30-26(18-24)37-3/h4-6,10-12,17-18,22H,7-9,13-16,19-21H2,1-3H3,(H,30,31,35)/t28-,29+. The lowest BCUT2D eigenvalue weighted by Crippen LogP contribution is -2.56. The van der Waals surface area contributed by atoms with Gasteiger partial charge in [-0.2, -0.15) is 0 Å². The Morgan fingerprint density at radius 1 is 1.14 bits per heavy atom. The van der Waals surface area contributed by atoms with E-state index in [-0.39, 0.29) is 29.6 Å². The lowest BCUT2D eigenvalue weighted by atomic mass is 9.68. The van der Waals surface area contributed by atoms with Crippen molar-refractivity contribution in [1.82, 2.24) is 19.7 Å². The molecule has 0 radical (unpaired) electrons. The van der Waals surface area contributed by atoms with Crippen molar-refractivity contribution in [2.24, 2.45) is 5.92 Å². The van der Waals surface area contributed by atoms with Crippen molar-refractivity contribution in [1.29, 1.82) is 0 Å². The molecule has 2 heterocycles. The summed E-state index contributed by atoms with van der Waals surface area (Å²) in [5.41, 5.74) is 1.69. The van der Waals surface area contributed by atoms with Gasteiger partial charge in [0, 0.05) is 36.6 Å². The molecule has 1 N–H and O–H groups in total. The van der Waals surface area contributed by atoms with E-state index >= 15 is 0 Å². The maximum Gasteiger partial charge on any atom is 0.321 e. The van der Waals surface area contributed by atoms with Gasteiger partial charge in [-0.1, -0.05) is 36.8 Å². The number of nitrogens with zero attached hydrogens (tertiary/aromatic N) is 4. The Bertz CT molecular complexity index is 1110. The third-order valence-corrected chi connectivity index (χ3v) is 8.96. The molecule has 1 aromatic heterocycles. The summed E-state index contributed by atoms with van der Waals surface area (Å²) in [7, 11) is 5.88. The van der Waals surface area contributed by atoms with Crippen molar-refractivity contribution in [2.45, 2.75) is 56.0 Å². The van der Waals surface area contributed by atoms with Crippen LogP contribution in [0.15, 0.2) is 48.7 Å². The third kappa shape index (κ3) is 4.91. The van der Waals surface area contributed by atoms with Crippen LogP contribution in [0.5, 0.6) is 5.88 Å². The molecule has 3 amide bonds. The Kier molecular flexibility index (Phi) is 7.12. The molecule has 3 fully saturated rings. The summed E-state index contributed by atoms with van der Waals surface area (Å²) >= 11 is 0. The third-order valence-electron chi connectivity index (χ3n) is 8.96. The van der Waals surface area contributed by atoms with E-state index in [2.05, 4.69) is 64.5 Å². The number of amides is 3. The molecule has 1 spiro atoms. The van der Waals surface area contributed by atoms with Gasteiger partial charge in [0.1, 0.15) is 6.54 Å². The lowest BCUT2D eigenvalue weighted by Gasteiger charge is -2.51. The van der Waals surface area contributed by atoms with E-state index in [1.165, 1.54) is 24.8 Å². The second-order valence-corrected chi connectivity index (χ2v) is 11.2. The van der Waals surface area contributed by atoms with Gasteiger partial charge >= 0.3 is 6.03 Å². The summed E-state index contributed by atoms with van der Waals surface area (Å²) < 4.78 is 5.16. The van der Waals surface area contributed by atoms with Crippen LogP contribution in [0.2, 0.25) is 0 Å². The van der Waals surface area contributed by atoms with Gasteiger partial charge in [-0.05, 0) is 70.2 Å². The smallest absolute Gasteiger partial charge is 0.321 e. The number of hydrogen-bond acceptors (Lipinski definition) is 5. The SMILES string of the molecule is COc1cc(NC(=O)CN2C[C@]3(CC[C@](c4ccccc4)(N(C)C)CC3)N(CC3CCC3)C2=O)ccn1. The first-order valence-electron chi connectivity index (χ1n) is 13.4. The number of nitrogens with one attached hydrogen (secondary N) is 1. The topological polar surface area (TPSA) is 78.0 Å². The van der Waals surface area contributed by atoms with Gasteiger partial charge in [0.2, 0.25) is 11.8 Å². The Morgan fingerprint density at radius 2 is 1.86 bits per heavy atom. The number of anilines is 1. The van der Waals surface area contributed by atoms with E-state index in [1.54, 1.807) is 30.3 Å². The molecule has 37 heavy (non-hydrogen) atoms. The maximum atomic E-state index is 13.7. The van der Waals surface area contributed by atoms with Crippen LogP contribution in [0, 0.1) is 5.92 Å². The average molecular weight is 506 g/mol. The van der Waals surface area contributed by atoms with Gasteiger partial charge in [-0.3, -0.25) is 9.69 Å². The normalized spacial score (nSPS) is 26.0. The summed E-state index contributed by atoms with van der Waals surface area (Å²) in [5, 5.41) is 2.90. The van der Waals surface area contributed by atoms with Gasteiger partial charge in [0.05, 0.1) is 12.6 Å². The van der Waals surface area contributed by atoms with Crippen molar-refractivity contribution in [3.05, 3.63) is 54.2 Å². The number of carbonyl (C=O) groups excluding carboxylic acids is 2. The predicted molar refractivity (Wildman–Crippen MR) is 143 cm³/mol. The van der Waals surface area contributed by atoms with Crippen molar-refractivity contribution >= 4 is 17.6 Å². The molecule has 2 aromatic rings. The van der Waals surface area contributed by atoms with Crippen LogP contribution < -0.4 is 10.1 Å². The fourth-order valence-corrected chi connectivity index (χ4v) is 6.48. The number of methoxy groups -OCH3 is 1. The van der Waals surface area contributed by atoms with Crippen molar-refractivity contribution in [2.75, 3.05) is 46.2 Å². The van der Waals surface area contributed by atoms with Crippen LogP contribution in [0.1, 0.15) is 50.5 Å². The second kappa shape index (κ2) is 10.3. The molecule has 2 saturated carbocycles. The van der Waals surface area contributed by atoms with Gasteiger partial charge in [0.25, 0.3) is 0 Å². The van der Waals surface area contributed by atoms with E-state index in [0.717, 1.165) is 32.2 Å². The van der Waals surface area contributed by atoms with Crippen LogP contribution >= 0.6 is 0 Å². The quantitative estimate of drug-likeness (QED) is 0.578. The number of benzene rings is 1. The largest absolute Gasteiger partial charge is 0.481 e. The molecule has 2 aliphatic carbocycles. The molecular formula is C29H39N5O3. The van der Waals surface area contributed by atoms with E-state index in [0.29, 0.717) is 24.0 Å². The minimum atomic E-state index is -0.221. The Balaban J connectivity index is 1.33. The minimum absolute atomic E-state index is 0.00595. The number of hydrogen-bond donors (Lipinski definition) is 1. The van der Waals surface area contributed by atoms with Gasteiger partial charge in [0.15, 0.2) is 0 Å². The summed E-state index contributed by atoms with van der Waals surface area (Å²) in [4.78, 5) is 37.1. The van der Waals surface area contributed by atoms with E-state index in [9.17, 15) is 9.59 Å². The lowest BCUT2D eigenvalue weighted by molar-refractivity contribution is -0.116. The maximum absolute atomic E-state index is 13.7. The molecule has 0 unspecified atom stereocenters. The number of ether oxygens (including phenoxy) is 1. The van der Waals surface area contributed by atoms with Gasteiger partial charge < -0.3 is 19.9 Å². The molecule has 8 heteroatoms. The van der Waals surface area contributed by atoms with Crippen LogP contribution in [0.4, 0.5) is 10.5 Å². The van der Waals surface area contributed by atoms with E-state index < -0.39 is 0 Å². The number of aromatic nitrogens is 1. The number of carbonyl (C=O) groups is 2. The second-order valence-electron chi connectivity index (χ2n) is 11.2. The average Bonchev–Trinajstić information content (AvgIpc) is 3.12. The fraction of sp³-hybridized carbons (Fsp3) is 0.552. The highest BCUT2D eigenvalue weighted by Gasteiger charge is 2.55. The minimum Gasteiger partial charge on any atom is -0.481 e. The summed E-state index contributed by atoms with van der Waals surface area (Å²) in [6.07, 6.45) is 9.04. The summed E-state index contributed by atoms with van der Waals surface area (Å²) in [6.45, 7) is 1.45. The zero-order chi connectivity index (χ0) is 26.0. The first kappa shape index (κ1) is 25.5. The van der Waals surface area contributed by atoms with Gasteiger partial charge in [-0.25, -0.2) is 9.78 Å². The molecule has 1 saturated heterocycles. The van der Waals surface area contributed by atoms with Crippen molar-refractivity contribution in [3.63, 3.8) is 0 Å². The van der Waals surface area contributed by atoms with E-state index in [4.69, 9.17) is 4.74 Å². The molecule has 8 nitrogen and oxygen atoms in total. The fourth-order valence-electron chi connectivity index (χ4n) is 6.48. The predicted octanol–water partition coefficient (Wildman–Crippen LogP) is 4.34. The van der Waals surface area contributed by atoms with Crippen LogP contribution in [0.3, 0.4) is 0 Å². The molecule has 1 aromatic carbocycles. The van der Waals surface area contributed by atoms with Crippen LogP contribution in [0.25, 0.3) is 0 Å². The molecule has 5 rings (SSSR count). The Morgan fingerprint density at radius 3 is 2.49 bits per heavy atom. The number of rotatable bonds is 8. The molecule has 3 aliphatic rings. The Hall–Kier alpha value is -3.13. The molecule has 0 bridgehead atoms.